The van der Waals surface area contributed by atoms with Crippen LogP contribution < -0.4 is 0 Å². The van der Waals surface area contributed by atoms with E-state index in [2.05, 4.69) is 10.1 Å². The number of rotatable bonds is 5. The third-order valence-corrected chi connectivity index (χ3v) is 5.20. The summed E-state index contributed by atoms with van der Waals surface area (Å²) in [6, 6.07) is 21.3. The van der Waals surface area contributed by atoms with Crippen LogP contribution >= 0.6 is 11.6 Å². The van der Waals surface area contributed by atoms with Crippen LogP contribution in [0.5, 0.6) is 0 Å². The Labute approximate surface area is 168 Å². The molecule has 0 aliphatic heterocycles. The van der Waals surface area contributed by atoms with E-state index in [1.54, 1.807) is 19.5 Å². The lowest BCUT2D eigenvalue weighted by molar-refractivity contribution is 0.0393. The smallest absolute Gasteiger partial charge is 0.173 e. The summed E-state index contributed by atoms with van der Waals surface area (Å²) >= 11 is 6.08. The highest BCUT2D eigenvalue weighted by atomic mass is 35.5. The molecule has 1 unspecified atom stereocenters. The Morgan fingerprint density at radius 3 is 2.32 bits per heavy atom. The minimum atomic E-state index is -0.811. The molecule has 4 rings (SSSR count). The molecule has 0 saturated carbocycles. The van der Waals surface area contributed by atoms with Gasteiger partial charge in [0.25, 0.3) is 0 Å². The molecule has 2 aromatic heterocycles. The van der Waals surface area contributed by atoms with Crippen LogP contribution in [0.3, 0.4) is 0 Å². The lowest BCUT2D eigenvalue weighted by Crippen LogP contribution is -2.27. The molecule has 28 heavy (non-hydrogen) atoms. The van der Waals surface area contributed by atoms with E-state index in [0.29, 0.717) is 16.5 Å². The van der Waals surface area contributed by atoms with Crippen LogP contribution in [0.4, 0.5) is 0 Å². The lowest BCUT2D eigenvalue weighted by atomic mass is 9.84. The van der Waals surface area contributed by atoms with Gasteiger partial charge < -0.3 is 9.26 Å². The third kappa shape index (κ3) is 3.21. The van der Waals surface area contributed by atoms with Gasteiger partial charge in [0.1, 0.15) is 11.3 Å². The molecule has 1 atom stereocenters. The third-order valence-electron chi connectivity index (χ3n) is 4.94. The van der Waals surface area contributed by atoms with Gasteiger partial charge in [-0.25, -0.2) is 0 Å². The van der Waals surface area contributed by atoms with E-state index in [1.165, 1.54) is 0 Å². The van der Waals surface area contributed by atoms with Crippen molar-refractivity contribution in [2.24, 2.45) is 0 Å². The highest BCUT2D eigenvalue weighted by Crippen LogP contribution is 2.44. The average molecular weight is 391 g/mol. The zero-order valence-electron chi connectivity index (χ0n) is 15.6. The number of ether oxygens (including phenoxy) is 1. The number of halogens is 1. The second kappa shape index (κ2) is 7.58. The standard InChI is InChI=1S/C23H19ClN2O2/c1-23(27-2,18-9-6-14-25-15-18)20-21(16-10-12-19(24)13-11-16)26-28-22(20)17-7-4-3-5-8-17/h3-15H,1-2H3. The summed E-state index contributed by atoms with van der Waals surface area (Å²) in [7, 11) is 1.68. The average Bonchev–Trinajstić information content (AvgIpc) is 3.21. The first-order valence-corrected chi connectivity index (χ1v) is 9.28. The van der Waals surface area contributed by atoms with Gasteiger partial charge in [-0.2, -0.15) is 0 Å². The highest BCUT2D eigenvalue weighted by molar-refractivity contribution is 6.30. The van der Waals surface area contributed by atoms with Crippen LogP contribution in [0.1, 0.15) is 18.1 Å². The van der Waals surface area contributed by atoms with Crippen LogP contribution in [-0.4, -0.2) is 17.3 Å². The summed E-state index contributed by atoms with van der Waals surface area (Å²) in [4.78, 5) is 4.28. The molecule has 0 fully saturated rings. The minimum absolute atomic E-state index is 0.666. The maximum Gasteiger partial charge on any atom is 0.173 e. The van der Waals surface area contributed by atoms with E-state index >= 15 is 0 Å². The summed E-state index contributed by atoms with van der Waals surface area (Å²) in [5, 5.41) is 5.08. The molecular weight excluding hydrogens is 372 g/mol. The molecule has 4 nitrogen and oxygen atoms in total. The number of hydrogen-bond donors (Lipinski definition) is 0. The Balaban J connectivity index is 1.99. The molecule has 0 spiro atoms. The van der Waals surface area contributed by atoms with Crippen molar-refractivity contribution in [1.29, 1.82) is 0 Å². The maximum atomic E-state index is 6.08. The predicted octanol–water partition coefficient (Wildman–Crippen LogP) is 5.97. The van der Waals surface area contributed by atoms with Crippen molar-refractivity contribution in [3.8, 4) is 22.6 Å². The van der Waals surface area contributed by atoms with E-state index in [1.807, 2.05) is 73.7 Å². The van der Waals surface area contributed by atoms with Gasteiger partial charge >= 0.3 is 0 Å². The van der Waals surface area contributed by atoms with Crippen LogP contribution in [0.25, 0.3) is 22.6 Å². The zero-order valence-corrected chi connectivity index (χ0v) is 16.4. The van der Waals surface area contributed by atoms with Gasteiger partial charge in [-0.1, -0.05) is 65.3 Å². The fourth-order valence-electron chi connectivity index (χ4n) is 3.33. The monoisotopic (exact) mass is 390 g/mol. The Bertz CT molecular complexity index is 1060. The molecule has 0 bridgehead atoms. The van der Waals surface area contributed by atoms with Crippen molar-refractivity contribution in [1.82, 2.24) is 10.1 Å². The molecule has 0 saturated heterocycles. The highest BCUT2D eigenvalue weighted by Gasteiger charge is 2.38. The molecule has 5 heteroatoms. The molecule has 0 aliphatic carbocycles. The van der Waals surface area contributed by atoms with E-state index < -0.39 is 5.60 Å². The Morgan fingerprint density at radius 2 is 1.68 bits per heavy atom. The van der Waals surface area contributed by atoms with Crippen LogP contribution in [0.15, 0.2) is 83.6 Å². The first kappa shape index (κ1) is 18.4. The minimum Gasteiger partial charge on any atom is -0.369 e. The number of nitrogens with zero attached hydrogens (tertiary/aromatic N) is 2. The van der Waals surface area contributed by atoms with Crippen LogP contribution in [-0.2, 0) is 10.3 Å². The Morgan fingerprint density at radius 1 is 0.929 bits per heavy atom. The predicted molar refractivity (Wildman–Crippen MR) is 110 cm³/mol. The molecule has 4 aromatic rings. The fourth-order valence-corrected chi connectivity index (χ4v) is 3.46. The van der Waals surface area contributed by atoms with Crippen molar-refractivity contribution < 1.29 is 9.26 Å². The van der Waals surface area contributed by atoms with E-state index in [9.17, 15) is 0 Å². The maximum absolute atomic E-state index is 6.08. The second-order valence-corrected chi connectivity index (χ2v) is 7.02. The first-order valence-electron chi connectivity index (χ1n) is 8.90. The first-order chi connectivity index (χ1) is 13.6. The number of aromatic nitrogens is 2. The quantitative estimate of drug-likeness (QED) is 0.421. The van der Waals surface area contributed by atoms with Crippen molar-refractivity contribution >= 4 is 11.6 Å². The second-order valence-electron chi connectivity index (χ2n) is 6.59. The Hall–Kier alpha value is -2.95. The summed E-state index contributed by atoms with van der Waals surface area (Å²) < 4.78 is 11.9. The van der Waals surface area contributed by atoms with Gasteiger partial charge in [-0.3, -0.25) is 4.98 Å². The molecule has 140 valence electrons. The van der Waals surface area contributed by atoms with Gasteiger partial charge in [-0.05, 0) is 25.1 Å². The van der Waals surface area contributed by atoms with Crippen molar-refractivity contribution in [3.05, 3.63) is 95.3 Å². The zero-order chi connectivity index (χ0) is 19.6. The molecule has 0 radical (unpaired) electrons. The summed E-state index contributed by atoms with van der Waals surface area (Å²) in [6.45, 7) is 2.00. The summed E-state index contributed by atoms with van der Waals surface area (Å²) in [5.74, 6) is 0.666. The number of pyridine rings is 1. The molecule has 2 heterocycles. The molecule has 0 N–H and O–H groups in total. The van der Waals surface area contributed by atoms with Crippen LogP contribution in [0, 0.1) is 0 Å². The normalized spacial score (nSPS) is 13.2. The molecule has 0 aliphatic rings. The van der Waals surface area contributed by atoms with Crippen molar-refractivity contribution in [2.45, 2.75) is 12.5 Å². The lowest BCUT2D eigenvalue weighted by Gasteiger charge is -2.29. The van der Waals surface area contributed by atoms with Crippen molar-refractivity contribution in [2.75, 3.05) is 7.11 Å². The largest absolute Gasteiger partial charge is 0.369 e. The number of benzene rings is 2. The summed E-state index contributed by atoms with van der Waals surface area (Å²) in [6.07, 6.45) is 3.54. The molecular formula is C23H19ClN2O2. The van der Waals surface area contributed by atoms with Crippen molar-refractivity contribution in [3.63, 3.8) is 0 Å². The molecule has 2 aromatic carbocycles. The number of methoxy groups -OCH3 is 1. The Kier molecular flexibility index (Phi) is 4.99. The fraction of sp³-hybridized carbons (Fsp3) is 0.130. The summed E-state index contributed by atoms with van der Waals surface area (Å²) in [5.41, 5.74) is 3.48. The van der Waals surface area contributed by atoms with Gasteiger partial charge in [-0.15, -0.1) is 0 Å². The SMILES string of the molecule is COC(C)(c1cccnc1)c1c(-c2ccc(Cl)cc2)noc1-c1ccccc1. The van der Waals surface area contributed by atoms with Gasteiger partial charge in [0.2, 0.25) is 0 Å². The van der Waals surface area contributed by atoms with E-state index in [4.69, 9.17) is 20.9 Å². The molecule has 0 amide bonds. The number of hydrogen-bond acceptors (Lipinski definition) is 4. The van der Waals surface area contributed by atoms with Gasteiger partial charge in [0.15, 0.2) is 5.76 Å². The van der Waals surface area contributed by atoms with Gasteiger partial charge in [0, 0.05) is 41.2 Å². The van der Waals surface area contributed by atoms with Gasteiger partial charge in [0.05, 0.1) is 5.56 Å². The topological polar surface area (TPSA) is 48.2 Å². The van der Waals surface area contributed by atoms with E-state index in [0.717, 1.165) is 22.3 Å². The van der Waals surface area contributed by atoms with E-state index in [-0.39, 0.29) is 0 Å². The van der Waals surface area contributed by atoms with Crippen LogP contribution in [0.2, 0.25) is 5.02 Å².